The molecular weight excluding hydrogens is 149 g/mol. The van der Waals surface area contributed by atoms with Gasteiger partial charge in [-0.1, -0.05) is 16.6 Å². The topological polar surface area (TPSA) is 43.1 Å². The van der Waals surface area contributed by atoms with Crippen molar-refractivity contribution in [1.82, 2.24) is 0 Å². The molecule has 0 aliphatic heterocycles. The molecule has 1 amide bonds. The van der Waals surface area contributed by atoms with Crippen LogP contribution in [0.3, 0.4) is 0 Å². The van der Waals surface area contributed by atoms with E-state index in [1.807, 2.05) is 13.8 Å². The molecule has 1 aromatic rings. The van der Waals surface area contributed by atoms with E-state index in [2.05, 4.69) is 0 Å². The van der Waals surface area contributed by atoms with Gasteiger partial charge in [0.2, 0.25) is 5.91 Å². The molecule has 0 aromatic heterocycles. The molecule has 2 N–H and O–H groups in total. The molecule has 0 aliphatic carbocycles. The number of hydrogen-bond donors (Lipinski definition) is 1. The van der Waals surface area contributed by atoms with Crippen molar-refractivity contribution in [2.24, 2.45) is 5.73 Å². The van der Waals surface area contributed by atoms with Crippen molar-refractivity contribution in [1.29, 1.82) is 0 Å². The molecule has 2 nitrogen and oxygen atoms in total. The van der Waals surface area contributed by atoms with Crippen LogP contribution in [0.15, 0.2) is 12.1 Å². The smallest absolute Gasteiger partial charge is 0.248 e. The summed E-state index contributed by atoms with van der Waals surface area (Å²) in [7, 11) is 5.70. The predicted octanol–water partition coefficient (Wildman–Crippen LogP) is 0.196. The van der Waals surface area contributed by atoms with Crippen molar-refractivity contribution in [2.45, 2.75) is 13.8 Å². The Hall–Kier alpha value is -1.25. The van der Waals surface area contributed by atoms with Crippen molar-refractivity contribution in [3.05, 3.63) is 28.8 Å². The van der Waals surface area contributed by atoms with E-state index in [1.165, 1.54) is 0 Å². The number of aryl methyl sites for hydroxylation is 2. The zero-order valence-corrected chi connectivity index (χ0v) is 7.22. The first-order valence-corrected chi connectivity index (χ1v) is 3.69. The third-order valence-electron chi connectivity index (χ3n) is 1.88. The zero-order valence-electron chi connectivity index (χ0n) is 7.22. The molecule has 1 rings (SSSR count). The first-order chi connectivity index (χ1) is 5.52. The number of hydrogen-bond acceptors (Lipinski definition) is 1. The Kier molecular flexibility index (Phi) is 2.22. The van der Waals surface area contributed by atoms with Gasteiger partial charge in [-0.25, -0.2) is 0 Å². The van der Waals surface area contributed by atoms with Gasteiger partial charge in [-0.2, -0.15) is 0 Å². The first-order valence-electron chi connectivity index (χ1n) is 3.69. The van der Waals surface area contributed by atoms with Gasteiger partial charge in [-0.15, -0.1) is 0 Å². The second-order valence-electron chi connectivity index (χ2n) is 2.89. The Labute approximate surface area is 73.2 Å². The molecule has 0 spiro atoms. The summed E-state index contributed by atoms with van der Waals surface area (Å²) < 4.78 is 0. The summed E-state index contributed by atoms with van der Waals surface area (Å²) in [4.78, 5) is 10.8. The Balaban J connectivity index is 3.31. The minimum absolute atomic E-state index is 0.416. The van der Waals surface area contributed by atoms with E-state index in [9.17, 15) is 4.79 Å². The predicted molar refractivity (Wildman–Crippen MR) is 49.8 cm³/mol. The maximum Gasteiger partial charge on any atom is 0.248 e. The molecule has 2 radical (unpaired) electrons. The second kappa shape index (κ2) is 3.01. The summed E-state index contributed by atoms with van der Waals surface area (Å²) in [6.07, 6.45) is 0. The molecule has 0 atom stereocenters. The maximum atomic E-state index is 10.8. The van der Waals surface area contributed by atoms with Crippen LogP contribution in [-0.4, -0.2) is 13.8 Å². The second-order valence-corrected chi connectivity index (χ2v) is 2.89. The zero-order chi connectivity index (χ0) is 9.30. The summed E-state index contributed by atoms with van der Waals surface area (Å²) >= 11 is 0. The highest BCUT2D eigenvalue weighted by Gasteiger charge is 2.03. The SMILES string of the molecule is [B]c1c(C)cc(C(N)=O)cc1C. The quantitative estimate of drug-likeness (QED) is 0.584. The van der Waals surface area contributed by atoms with E-state index in [0.717, 1.165) is 16.6 Å². The number of benzene rings is 1. The van der Waals surface area contributed by atoms with Crippen LogP contribution in [0, 0.1) is 13.8 Å². The van der Waals surface area contributed by atoms with Crippen LogP contribution in [0.1, 0.15) is 21.5 Å². The van der Waals surface area contributed by atoms with Crippen molar-refractivity contribution in [2.75, 3.05) is 0 Å². The van der Waals surface area contributed by atoms with Crippen molar-refractivity contribution >= 4 is 19.2 Å². The molecule has 60 valence electrons. The van der Waals surface area contributed by atoms with E-state index >= 15 is 0 Å². The van der Waals surface area contributed by atoms with Crippen LogP contribution >= 0.6 is 0 Å². The molecule has 0 unspecified atom stereocenters. The standard InChI is InChI=1S/C9H10BNO/c1-5-3-7(9(11)12)4-6(2)8(5)10/h3-4H,1-2H3,(H2,11,12). The van der Waals surface area contributed by atoms with Crippen molar-refractivity contribution in [3.63, 3.8) is 0 Å². The summed E-state index contributed by atoms with van der Waals surface area (Å²) in [5.41, 5.74) is 8.14. The van der Waals surface area contributed by atoms with Crippen molar-refractivity contribution in [3.8, 4) is 0 Å². The Morgan fingerprint density at radius 3 is 2.08 bits per heavy atom. The fraction of sp³-hybridized carbons (Fsp3) is 0.222. The molecule has 3 heteroatoms. The Morgan fingerprint density at radius 2 is 1.75 bits per heavy atom. The average molecular weight is 159 g/mol. The summed E-state index contributed by atoms with van der Waals surface area (Å²) in [5.74, 6) is -0.416. The Morgan fingerprint density at radius 1 is 1.33 bits per heavy atom. The number of nitrogens with two attached hydrogens (primary N) is 1. The van der Waals surface area contributed by atoms with E-state index in [0.29, 0.717) is 5.56 Å². The number of primary amides is 1. The average Bonchev–Trinajstić information content (AvgIpc) is 1.99. The Bertz CT molecular complexity index is 310. The lowest BCUT2D eigenvalue weighted by molar-refractivity contribution is 0.1000. The number of amides is 1. The third kappa shape index (κ3) is 1.50. The van der Waals surface area contributed by atoms with Gasteiger partial charge < -0.3 is 5.73 Å². The molecular formula is C9H10BNO. The first kappa shape index (κ1) is 8.85. The molecule has 1 aromatic carbocycles. The molecule has 0 aliphatic rings. The van der Waals surface area contributed by atoms with Crippen LogP contribution in [0.2, 0.25) is 0 Å². The van der Waals surface area contributed by atoms with Crippen LogP contribution in [0.4, 0.5) is 0 Å². The van der Waals surface area contributed by atoms with Gasteiger partial charge in [-0.05, 0) is 26.0 Å². The van der Waals surface area contributed by atoms with Crippen LogP contribution in [0.25, 0.3) is 0 Å². The molecule has 0 fully saturated rings. The lowest BCUT2D eigenvalue weighted by Crippen LogP contribution is -2.17. The van der Waals surface area contributed by atoms with Gasteiger partial charge in [0.15, 0.2) is 0 Å². The van der Waals surface area contributed by atoms with E-state index in [1.54, 1.807) is 12.1 Å². The monoisotopic (exact) mass is 159 g/mol. The van der Waals surface area contributed by atoms with Gasteiger partial charge in [0.25, 0.3) is 0 Å². The maximum absolute atomic E-state index is 10.8. The van der Waals surface area contributed by atoms with Crippen LogP contribution < -0.4 is 11.2 Å². The third-order valence-corrected chi connectivity index (χ3v) is 1.88. The van der Waals surface area contributed by atoms with E-state index < -0.39 is 5.91 Å². The minimum Gasteiger partial charge on any atom is -0.366 e. The fourth-order valence-electron chi connectivity index (χ4n) is 1.12. The van der Waals surface area contributed by atoms with E-state index in [-0.39, 0.29) is 0 Å². The van der Waals surface area contributed by atoms with E-state index in [4.69, 9.17) is 13.6 Å². The normalized spacial score (nSPS) is 9.83. The fourth-order valence-corrected chi connectivity index (χ4v) is 1.12. The summed E-state index contributed by atoms with van der Waals surface area (Å²) in [5, 5.41) is 0. The summed E-state index contributed by atoms with van der Waals surface area (Å²) in [6, 6.07) is 3.40. The molecule has 0 bridgehead atoms. The summed E-state index contributed by atoms with van der Waals surface area (Å²) in [6.45, 7) is 3.71. The van der Waals surface area contributed by atoms with Crippen molar-refractivity contribution < 1.29 is 4.79 Å². The molecule has 0 saturated heterocycles. The lowest BCUT2D eigenvalue weighted by Gasteiger charge is -2.06. The molecule has 0 saturated carbocycles. The highest BCUT2D eigenvalue weighted by atomic mass is 16.1. The highest BCUT2D eigenvalue weighted by Crippen LogP contribution is 2.04. The number of rotatable bonds is 1. The van der Waals surface area contributed by atoms with Gasteiger partial charge in [0, 0.05) is 5.56 Å². The lowest BCUT2D eigenvalue weighted by atomic mass is 9.85. The molecule has 0 heterocycles. The van der Waals surface area contributed by atoms with Crippen LogP contribution in [0.5, 0.6) is 0 Å². The van der Waals surface area contributed by atoms with Gasteiger partial charge in [-0.3, -0.25) is 4.79 Å². The largest absolute Gasteiger partial charge is 0.366 e. The van der Waals surface area contributed by atoms with Crippen LogP contribution in [-0.2, 0) is 0 Å². The highest BCUT2D eigenvalue weighted by molar-refractivity contribution is 6.34. The van der Waals surface area contributed by atoms with Gasteiger partial charge >= 0.3 is 0 Å². The number of carbonyl (C=O) groups excluding carboxylic acids is 1. The minimum atomic E-state index is -0.416. The number of carbonyl (C=O) groups is 1. The van der Waals surface area contributed by atoms with Gasteiger partial charge in [0.1, 0.15) is 7.85 Å². The van der Waals surface area contributed by atoms with Gasteiger partial charge in [0.05, 0.1) is 0 Å². The molecule has 12 heavy (non-hydrogen) atoms.